The number of nitrogens with zero attached hydrogens (tertiary/aromatic N) is 2. The van der Waals surface area contributed by atoms with Gasteiger partial charge in [-0.15, -0.1) is 0 Å². The number of carbonyl (C=O) groups is 2. The van der Waals surface area contributed by atoms with Gasteiger partial charge in [0, 0.05) is 25.1 Å². The molecule has 6 heteroatoms. The summed E-state index contributed by atoms with van der Waals surface area (Å²) in [6.45, 7) is 2.35. The first-order valence-electron chi connectivity index (χ1n) is 6.17. The number of carbonyl (C=O) groups excluding carboxylic acids is 2. The molecule has 1 saturated heterocycles. The van der Waals surface area contributed by atoms with E-state index in [1.54, 1.807) is 13.0 Å². The highest BCUT2D eigenvalue weighted by atomic mass is 16.5. The van der Waals surface area contributed by atoms with Gasteiger partial charge in [-0.05, 0) is 19.8 Å². The van der Waals surface area contributed by atoms with E-state index in [-0.39, 0.29) is 23.6 Å². The summed E-state index contributed by atoms with van der Waals surface area (Å²) in [6, 6.07) is 1.89. The summed E-state index contributed by atoms with van der Waals surface area (Å²) in [5.74, 6) is 0.462. The highest BCUT2D eigenvalue weighted by molar-refractivity contribution is 5.93. The molecule has 2 heterocycles. The number of rotatable bonds is 3. The topological polar surface area (TPSA) is 75.4 Å². The molecule has 1 aromatic heterocycles. The molecule has 1 aliphatic heterocycles. The standard InChI is InChI=1S/C12H15N3O3/c1-7-4-10(14-18-7)12(17)13-8-5-11(16)15(6-8)9-2-3-9/h4,8-9H,2-3,5-6H2,1H3,(H,13,17). The summed E-state index contributed by atoms with van der Waals surface area (Å²) < 4.78 is 4.85. The van der Waals surface area contributed by atoms with Crippen LogP contribution in [0, 0.1) is 6.92 Å². The Kier molecular flexibility index (Phi) is 2.57. The second-order valence-corrected chi connectivity index (χ2v) is 4.97. The van der Waals surface area contributed by atoms with Crippen LogP contribution in [-0.2, 0) is 4.79 Å². The number of likely N-dealkylation sites (tertiary alicyclic amines) is 1. The molecule has 2 fully saturated rings. The molecular weight excluding hydrogens is 234 g/mol. The highest BCUT2D eigenvalue weighted by Crippen LogP contribution is 2.30. The molecule has 0 radical (unpaired) electrons. The minimum Gasteiger partial charge on any atom is -0.361 e. The highest BCUT2D eigenvalue weighted by Gasteiger charge is 2.39. The third kappa shape index (κ3) is 2.10. The van der Waals surface area contributed by atoms with Crippen LogP contribution in [0.1, 0.15) is 35.5 Å². The van der Waals surface area contributed by atoms with Crippen molar-refractivity contribution in [3.8, 4) is 0 Å². The zero-order chi connectivity index (χ0) is 12.7. The number of nitrogens with one attached hydrogen (secondary N) is 1. The zero-order valence-corrected chi connectivity index (χ0v) is 10.2. The molecule has 1 N–H and O–H groups in total. The van der Waals surface area contributed by atoms with Gasteiger partial charge in [-0.2, -0.15) is 0 Å². The minimum absolute atomic E-state index is 0.109. The van der Waals surface area contributed by atoms with Crippen molar-refractivity contribution in [2.45, 2.75) is 38.3 Å². The van der Waals surface area contributed by atoms with Crippen LogP contribution in [0.4, 0.5) is 0 Å². The molecule has 2 aliphatic rings. The summed E-state index contributed by atoms with van der Waals surface area (Å²) in [5.41, 5.74) is 0.268. The lowest BCUT2D eigenvalue weighted by Gasteiger charge is -2.15. The smallest absolute Gasteiger partial charge is 0.273 e. The van der Waals surface area contributed by atoms with Crippen molar-refractivity contribution in [3.63, 3.8) is 0 Å². The van der Waals surface area contributed by atoms with Gasteiger partial charge in [-0.3, -0.25) is 9.59 Å². The number of amides is 2. The fraction of sp³-hybridized carbons (Fsp3) is 0.583. The van der Waals surface area contributed by atoms with Gasteiger partial charge in [0.15, 0.2) is 5.69 Å². The third-order valence-corrected chi connectivity index (χ3v) is 3.34. The lowest BCUT2D eigenvalue weighted by atomic mass is 10.2. The minimum atomic E-state index is -0.276. The summed E-state index contributed by atoms with van der Waals surface area (Å²) in [6.07, 6.45) is 2.57. The molecule has 18 heavy (non-hydrogen) atoms. The molecule has 0 bridgehead atoms. The molecule has 1 aromatic rings. The second-order valence-electron chi connectivity index (χ2n) is 4.97. The first kappa shape index (κ1) is 11.3. The van der Waals surface area contributed by atoms with Crippen molar-refractivity contribution in [2.24, 2.45) is 0 Å². The Balaban J connectivity index is 1.60. The van der Waals surface area contributed by atoms with Crippen LogP contribution in [0.3, 0.4) is 0 Å². The zero-order valence-electron chi connectivity index (χ0n) is 10.2. The van der Waals surface area contributed by atoms with E-state index in [2.05, 4.69) is 10.5 Å². The average molecular weight is 249 g/mol. The molecule has 1 atom stereocenters. The fourth-order valence-corrected chi connectivity index (χ4v) is 2.30. The molecule has 96 valence electrons. The fourth-order valence-electron chi connectivity index (χ4n) is 2.30. The first-order chi connectivity index (χ1) is 8.63. The Morgan fingerprint density at radius 2 is 2.33 bits per heavy atom. The third-order valence-electron chi connectivity index (χ3n) is 3.34. The van der Waals surface area contributed by atoms with Gasteiger partial charge in [-0.25, -0.2) is 0 Å². The Bertz CT molecular complexity index is 493. The normalized spacial score (nSPS) is 23.5. The van der Waals surface area contributed by atoms with Gasteiger partial charge < -0.3 is 14.7 Å². The molecule has 0 spiro atoms. The van der Waals surface area contributed by atoms with Crippen molar-refractivity contribution in [1.29, 1.82) is 0 Å². The van der Waals surface area contributed by atoms with Crippen LogP contribution < -0.4 is 5.32 Å². The van der Waals surface area contributed by atoms with Gasteiger partial charge in [0.1, 0.15) is 5.76 Å². The Hall–Kier alpha value is -1.85. The van der Waals surface area contributed by atoms with E-state index in [0.29, 0.717) is 24.8 Å². The molecule has 1 unspecified atom stereocenters. The van der Waals surface area contributed by atoms with E-state index in [0.717, 1.165) is 12.8 Å². The Morgan fingerprint density at radius 1 is 1.56 bits per heavy atom. The maximum absolute atomic E-state index is 11.8. The molecule has 2 amide bonds. The van der Waals surface area contributed by atoms with E-state index >= 15 is 0 Å². The first-order valence-corrected chi connectivity index (χ1v) is 6.17. The van der Waals surface area contributed by atoms with Crippen molar-refractivity contribution < 1.29 is 14.1 Å². The van der Waals surface area contributed by atoms with Gasteiger partial charge >= 0.3 is 0 Å². The summed E-state index contributed by atoms with van der Waals surface area (Å²) in [7, 11) is 0. The molecule has 0 aromatic carbocycles. The van der Waals surface area contributed by atoms with Crippen LogP contribution in [0.15, 0.2) is 10.6 Å². The van der Waals surface area contributed by atoms with E-state index < -0.39 is 0 Å². The number of aryl methyl sites for hydroxylation is 1. The van der Waals surface area contributed by atoms with Gasteiger partial charge in [0.25, 0.3) is 5.91 Å². The maximum Gasteiger partial charge on any atom is 0.273 e. The number of hydrogen-bond donors (Lipinski definition) is 1. The van der Waals surface area contributed by atoms with Crippen molar-refractivity contribution in [1.82, 2.24) is 15.4 Å². The van der Waals surface area contributed by atoms with Gasteiger partial charge in [-0.1, -0.05) is 5.16 Å². The molecular formula is C12H15N3O3. The predicted molar refractivity (Wildman–Crippen MR) is 61.8 cm³/mol. The van der Waals surface area contributed by atoms with Crippen LogP contribution in [-0.4, -0.2) is 40.5 Å². The number of hydrogen-bond acceptors (Lipinski definition) is 4. The summed E-state index contributed by atoms with van der Waals surface area (Å²) in [4.78, 5) is 25.5. The van der Waals surface area contributed by atoms with Crippen LogP contribution in [0.5, 0.6) is 0 Å². The largest absolute Gasteiger partial charge is 0.361 e. The van der Waals surface area contributed by atoms with Crippen molar-refractivity contribution in [2.75, 3.05) is 6.54 Å². The number of aromatic nitrogens is 1. The van der Waals surface area contributed by atoms with Crippen LogP contribution in [0.2, 0.25) is 0 Å². The average Bonchev–Trinajstić information content (AvgIpc) is 2.97. The SMILES string of the molecule is Cc1cc(C(=O)NC2CC(=O)N(C3CC3)C2)no1. The van der Waals surface area contributed by atoms with E-state index in [1.807, 2.05) is 4.90 Å². The summed E-state index contributed by atoms with van der Waals surface area (Å²) >= 11 is 0. The Morgan fingerprint density at radius 3 is 2.94 bits per heavy atom. The maximum atomic E-state index is 11.8. The predicted octanol–water partition coefficient (Wildman–Crippen LogP) is 0.476. The van der Waals surface area contributed by atoms with Crippen molar-refractivity contribution >= 4 is 11.8 Å². The molecule has 6 nitrogen and oxygen atoms in total. The van der Waals surface area contributed by atoms with Crippen molar-refractivity contribution in [3.05, 3.63) is 17.5 Å². The quantitative estimate of drug-likeness (QED) is 0.845. The van der Waals surface area contributed by atoms with Crippen LogP contribution in [0.25, 0.3) is 0 Å². The molecule has 3 rings (SSSR count). The van der Waals surface area contributed by atoms with E-state index in [1.165, 1.54) is 0 Å². The monoisotopic (exact) mass is 249 g/mol. The lowest BCUT2D eigenvalue weighted by Crippen LogP contribution is -2.37. The Labute approximate surface area is 104 Å². The van der Waals surface area contributed by atoms with Gasteiger partial charge in [0.2, 0.25) is 5.91 Å². The van der Waals surface area contributed by atoms with Crippen LogP contribution >= 0.6 is 0 Å². The van der Waals surface area contributed by atoms with E-state index in [4.69, 9.17) is 4.52 Å². The van der Waals surface area contributed by atoms with E-state index in [9.17, 15) is 9.59 Å². The molecule has 1 aliphatic carbocycles. The molecule has 1 saturated carbocycles. The summed E-state index contributed by atoms with van der Waals surface area (Å²) in [5, 5.41) is 6.49. The van der Waals surface area contributed by atoms with Gasteiger partial charge in [0.05, 0.1) is 6.04 Å². The second kappa shape index (κ2) is 4.12. The lowest BCUT2D eigenvalue weighted by molar-refractivity contribution is -0.128.